The van der Waals surface area contributed by atoms with Gasteiger partial charge in [-0.05, 0) is 12.5 Å². The molecule has 1 aromatic heterocycles. The topological polar surface area (TPSA) is 28.2 Å². The maximum Gasteiger partial charge on any atom is 0.0764 e. The second-order valence-electron chi connectivity index (χ2n) is 4.03. The molecule has 1 unspecified atom stereocenters. The predicted molar refractivity (Wildman–Crippen MR) is 65.8 cm³/mol. The van der Waals surface area contributed by atoms with E-state index in [0.717, 1.165) is 6.54 Å². The molecule has 1 fully saturated rings. The number of nitrogens with one attached hydrogen (secondary N) is 1. The first-order valence-corrected chi connectivity index (χ1v) is 6.63. The normalized spacial score (nSPS) is 24.8. The molecule has 0 radical (unpaired) electrons. The summed E-state index contributed by atoms with van der Waals surface area (Å²) in [7, 11) is 0. The number of fused-ring (bicyclic) bond motifs is 3. The number of hydrogen-bond donors (Lipinski definition) is 1. The molecule has 0 aromatic carbocycles. The van der Waals surface area contributed by atoms with Gasteiger partial charge in [0.05, 0.1) is 17.6 Å². The van der Waals surface area contributed by atoms with Crippen LogP contribution in [-0.4, -0.2) is 35.6 Å². The molecule has 2 aliphatic heterocycles. The van der Waals surface area contributed by atoms with Crippen molar-refractivity contribution in [3.63, 3.8) is 0 Å². The van der Waals surface area contributed by atoms with Crippen LogP contribution in [0.5, 0.6) is 0 Å². The van der Waals surface area contributed by atoms with Gasteiger partial charge in [-0.1, -0.05) is 0 Å². The first kappa shape index (κ1) is 9.33. The van der Waals surface area contributed by atoms with Crippen molar-refractivity contribution in [2.45, 2.75) is 12.5 Å². The molecule has 0 saturated carbocycles. The van der Waals surface area contributed by atoms with E-state index in [2.05, 4.69) is 33.0 Å². The Morgan fingerprint density at radius 2 is 2.53 bits per heavy atom. The molecule has 4 heteroatoms. The molecule has 80 valence electrons. The maximum absolute atomic E-state index is 4.18. The van der Waals surface area contributed by atoms with Crippen LogP contribution < -0.4 is 10.2 Å². The second kappa shape index (κ2) is 3.93. The lowest BCUT2D eigenvalue weighted by Gasteiger charge is -2.36. The van der Waals surface area contributed by atoms with E-state index in [4.69, 9.17) is 0 Å². The zero-order valence-electron chi connectivity index (χ0n) is 8.65. The second-order valence-corrected chi connectivity index (χ2v) is 5.18. The van der Waals surface area contributed by atoms with Crippen LogP contribution in [0.15, 0.2) is 18.5 Å². The molecule has 1 saturated heterocycles. The largest absolute Gasteiger partial charge is 0.382 e. The molecule has 1 N–H and O–H groups in total. The minimum atomic E-state index is 0.708. The zero-order valence-corrected chi connectivity index (χ0v) is 9.46. The summed E-state index contributed by atoms with van der Waals surface area (Å²) in [4.78, 5) is 6.73. The van der Waals surface area contributed by atoms with Crippen LogP contribution >= 0.6 is 11.8 Å². The molecule has 1 aromatic rings. The van der Waals surface area contributed by atoms with Gasteiger partial charge >= 0.3 is 0 Å². The summed E-state index contributed by atoms with van der Waals surface area (Å²) >= 11 is 2.08. The Labute approximate surface area is 94.3 Å². The van der Waals surface area contributed by atoms with E-state index in [9.17, 15) is 0 Å². The highest BCUT2D eigenvalue weighted by atomic mass is 32.2. The van der Waals surface area contributed by atoms with E-state index in [1.807, 2.05) is 12.4 Å². The van der Waals surface area contributed by atoms with Crippen molar-refractivity contribution in [3.05, 3.63) is 18.5 Å². The summed E-state index contributed by atoms with van der Waals surface area (Å²) in [6.07, 6.45) is 5.08. The van der Waals surface area contributed by atoms with E-state index < -0.39 is 0 Å². The van der Waals surface area contributed by atoms with E-state index in [-0.39, 0.29) is 0 Å². The number of aromatic nitrogens is 1. The summed E-state index contributed by atoms with van der Waals surface area (Å²) in [6.45, 7) is 2.24. The van der Waals surface area contributed by atoms with Crippen molar-refractivity contribution in [3.8, 4) is 0 Å². The summed E-state index contributed by atoms with van der Waals surface area (Å²) in [5, 5.41) is 3.47. The Morgan fingerprint density at radius 3 is 3.53 bits per heavy atom. The van der Waals surface area contributed by atoms with Gasteiger partial charge in [-0.15, -0.1) is 0 Å². The van der Waals surface area contributed by atoms with Crippen molar-refractivity contribution >= 4 is 23.1 Å². The molecule has 3 heterocycles. The van der Waals surface area contributed by atoms with Crippen molar-refractivity contribution < 1.29 is 0 Å². The molecule has 15 heavy (non-hydrogen) atoms. The van der Waals surface area contributed by atoms with Gasteiger partial charge < -0.3 is 10.2 Å². The van der Waals surface area contributed by atoms with Crippen LogP contribution in [-0.2, 0) is 0 Å². The van der Waals surface area contributed by atoms with Gasteiger partial charge in [0.2, 0.25) is 0 Å². The number of rotatable bonds is 0. The van der Waals surface area contributed by atoms with Gasteiger partial charge in [0.1, 0.15) is 0 Å². The lowest BCUT2D eigenvalue weighted by atomic mass is 10.2. The third-order valence-corrected chi connectivity index (χ3v) is 4.22. The molecule has 3 nitrogen and oxygen atoms in total. The third kappa shape index (κ3) is 1.67. The standard InChI is InChI=1S/C11H15N3S/c1-4-13-10-7-12-3-2-11(10)14-5-6-15-8-9(1)14/h2-3,7,9,13H,1,4-6,8H2. The lowest BCUT2D eigenvalue weighted by molar-refractivity contribution is 0.625. The van der Waals surface area contributed by atoms with Gasteiger partial charge in [0.25, 0.3) is 0 Å². The highest BCUT2D eigenvalue weighted by Crippen LogP contribution is 2.33. The summed E-state index contributed by atoms with van der Waals surface area (Å²) in [5.41, 5.74) is 2.54. The molecular formula is C11H15N3S. The first-order valence-electron chi connectivity index (χ1n) is 5.47. The molecular weight excluding hydrogens is 206 g/mol. The zero-order chi connectivity index (χ0) is 10.1. The van der Waals surface area contributed by atoms with Crippen molar-refractivity contribution in [2.24, 2.45) is 0 Å². The molecule has 3 rings (SSSR count). The van der Waals surface area contributed by atoms with Gasteiger partial charge in [-0.25, -0.2) is 0 Å². The third-order valence-electron chi connectivity index (χ3n) is 3.13. The smallest absolute Gasteiger partial charge is 0.0764 e. The van der Waals surface area contributed by atoms with Gasteiger partial charge in [0, 0.05) is 36.8 Å². The first-order chi connectivity index (χ1) is 7.45. The number of pyridine rings is 1. The molecule has 2 aliphatic rings. The molecule has 0 spiro atoms. The Morgan fingerprint density at radius 1 is 1.53 bits per heavy atom. The van der Waals surface area contributed by atoms with Gasteiger partial charge in [-0.3, -0.25) is 4.98 Å². The number of hydrogen-bond acceptors (Lipinski definition) is 4. The highest BCUT2D eigenvalue weighted by molar-refractivity contribution is 7.99. The van der Waals surface area contributed by atoms with Gasteiger partial charge in [-0.2, -0.15) is 11.8 Å². The average molecular weight is 221 g/mol. The number of anilines is 2. The Bertz CT molecular complexity index is 355. The number of thioether (sulfide) groups is 1. The number of nitrogens with zero attached hydrogens (tertiary/aromatic N) is 2. The van der Waals surface area contributed by atoms with Crippen LogP contribution in [0, 0.1) is 0 Å². The van der Waals surface area contributed by atoms with Crippen LogP contribution in [0.2, 0.25) is 0 Å². The Kier molecular flexibility index (Phi) is 2.44. The quantitative estimate of drug-likeness (QED) is 0.723. The minimum absolute atomic E-state index is 0.708. The summed E-state index contributed by atoms with van der Waals surface area (Å²) in [6, 6.07) is 2.84. The van der Waals surface area contributed by atoms with Crippen LogP contribution in [0.1, 0.15) is 6.42 Å². The molecule has 0 aliphatic carbocycles. The molecule has 0 amide bonds. The van der Waals surface area contributed by atoms with E-state index >= 15 is 0 Å². The minimum Gasteiger partial charge on any atom is -0.382 e. The molecule has 0 bridgehead atoms. The molecule has 1 atom stereocenters. The monoisotopic (exact) mass is 221 g/mol. The van der Waals surface area contributed by atoms with E-state index in [0.29, 0.717) is 6.04 Å². The Hall–Kier alpha value is -0.900. The fourth-order valence-corrected chi connectivity index (χ4v) is 3.47. The van der Waals surface area contributed by atoms with E-state index in [1.165, 1.54) is 35.8 Å². The van der Waals surface area contributed by atoms with Crippen molar-refractivity contribution in [1.82, 2.24) is 4.98 Å². The Balaban J connectivity index is 1.99. The van der Waals surface area contributed by atoms with Crippen LogP contribution in [0.4, 0.5) is 11.4 Å². The average Bonchev–Trinajstić information content (AvgIpc) is 2.48. The predicted octanol–water partition coefficient (Wildman–Crippen LogP) is 1.82. The lowest BCUT2D eigenvalue weighted by Crippen LogP contribution is -2.42. The van der Waals surface area contributed by atoms with E-state index in [1.54, 1.807) is 0 Å². The maximum atomic E-state index is 4.18. The SMILES string of the molecule is c1cc2c(cn1)NCCC1CSCCN21. The fraction of sp³-hybridized carbons (Fsp3) is 0.545. The fourth-order valence-electron chi connectivity index (χ4n) is 2.36. The van der Waals surface area contributed by atoms with Crippen LogP contribution in [0.3, 0.4) is 0 Å². The summed E-state index contributed by atoms with van der Waals surface area (Å²) < 4.78 is 0. The summed E-state index contributed by atoms with van der Waals surface area (Å²) in [5.74, 6) is 2.52. The highest BCUT2D eigenvalue weighted by Gasteiger charge is 2.26. The van der Waals surface area contributed by atoms with Crippen molar-refractivity contribution in [2.75, 3.05) is 34.8 Å². The van der Waals surface area contributed by atoms with Crippen LogP contribution in [0.25, 0.3) is 0 Å². The van der Waals surface area contributed by atoms with Crippen molar-refractivity contribution in [1.29, 1.82) is 0 Å². The van der Waals surface area contributed by atoms with Gasteiger partial charge in [0.15, 0.2) is 0 Å².